The summed E-state index contributed by atoms with van der Waals surface area (Å²) in [4.78, 5) is 12.8. The molecule has 1 aromatic heterocycles. The molecule has 1 atom stereocenters. The van der Waals surface area contributed by atoms with Crippen LogP contribution in [0.3, 0.4) is 0 Å². The summed E-state index contributed by atoms with van der Waals surface area (Å²) in [5.74, 6) is 0.758. The van der Waals surface area contributed by atoms with Crippen molar-refractivity contribution in [3.63, 3.8) is 0 Å². The molecule has 0 amide bonds. The molecule has 1 aliphatic heterocycles. The fraction of sp³-hybridized carbons (Fsp3) is 0.321. The summed E-state index contributed by atoms with van der Waals surface area (Å²) in [5, 5.41) is 0.588. The van der Waals surface area contributed by atoms with Crippen LogP contribution >= 0.6 is 22.9 Å². The molecule has 1 N–H and O–H groups in total. The van der Waals surface area contributed by atoms with E-state index in [9.17, 15) is 13.2 Å². The molecule has 1 spiro atoms. The third kappa shape index (κ3) is 4.72. The van der Waals surface area contributed by atoms with Gasteiger partial charge < -0.3 is 4.74 Å². The number of ether oxygens (including phenoxy) is 1. The highest BCUT2D eigenvalue weighted by Crippen LogP contribution is 2.46. The maximum absolute atomic E-state index is 13.6. The Morgan fingerprint density at radius 3 is 2.59 bits per heavy atom. The molecule has 6 rings (SSSR count). The van der Waals surface area contributed by atoms with E-state index in [4.69, 9.17) is 16.3 Å². The number of aromatic nitrogens is 1. The number of benzene rings is 3. The second kappa shape index (κ2) is 9.58. The zero-order chi connectivity index (χ0) is 25.6. The van der Waals surface area contributed by atoms with Crippen LogP contribution in [0.5, 0.6) is 5.75 Å². The Morgan fingerprint density at radius 1 is 1.03 bits per heavy atom. The Bertz CT molecular complexity index is 1640. The van der Waals surface area contributed by atoms with Gasteiger partial charge in [-0.1, -0.05) is 65.8 Å². The summed E-state index contributed by atoms with van der Waals surface area (Å²) in [6.07, 6.45) is 5.82. The quantitative estimate of drug-likeness (QED) is 0.315. The zero-order valence-electron chi connectivity index (χ0n) is 20.2. The Balaban J connectivity index is 1.32. The van der Waals surface area contributed by atoms with Crippen LogP contribution in [0.15, 0.2) is 76.4 Å². The summed E-state index contributed by atoms with van der Waals surface area (Å²) < 4.78 is 38.9. The van der Waals surface area contributed by atoms with Crippen molar-refractivity contribution < 1.29 is 13.2 Å². The van der Waals surface area contributed by atoms with E-state index in [0.717, 1.165) is 53.9 Å². The number of rotatable bonds is 5. The van der Waals surface area contributed by atoms with Gasteiger partial charge in [0, 0.05) is 17.0 Å². The molecule has 9 heteroatoms. The van der Waals surface area contributed by atoms with Gasteiger partial charge in [-0.25, -0.2) is 13.1 Å². The van der Waals surface area contributed by atoms with Gasteiger partial charge in [0.15, 0.2) is 0 Å². The SMILES string of the molecule is O=c1sc2cc(S(=O)(=O)N[C@H]3CC4(CCCCC4)Oc4ccccc43)ccc2n1Cc1ccccc1Cl. The first-order valence-corrected chi connectivity index (χ1v) is 15.2. The maximum Gasteiger partial charge on any atom is 0.308 e. The summed E-state index contributed by atoms with van der Waals surface area (Å²) in [5.41, 5.74) is 2.05. The fourth-order valence-electron chi connectivity index (χ4n) is 5.64. The molecular formula is C28H27ClN2O4S2. The van der Waals surface area contributed by atoms with Gasteiger partial charge in [-0.2, -0.15) is 0 Å². The van der Waals surface area contributed by atoms with E-state index >= 15 is 0 Å². The minimum atomic E-state index is -3.85. The van der Waals surface area contributed by atoms with E-state index in [1.165, 1.54) is 6.42 Å². The summed E-state index contributed by atoms with van der Waals surface area (Å²) in [6.45, 7) is 0.323. The predicted octanol–water partition coefficient (Wildman–Crippen LogP) is 6.27. The van der Waals surface area contributed by atoms with Crippen molar-refractivity contribution in [3.05, 3.63) is 92.5 Å². The molecule has 1 fully saturated rings. The number of nitrogens with one attached hydrogen (secondary N) is 1. The average molecular weight is 555 g/mol. The molecule has 192 valence electrons. The molecule has 0 saturated heterocycles. The van der Waals surface area contributed by atoms with E-state index in [0.29, 0.717) is 28.2 Å². The van der Waals surface area contributed by atoms with E-state index < -0.39 is 10.0 Å². The van der Waals surface area contributed by atoms with Gasteiger partial charge in [-0.15, -0.1) is 0 Å². The number of para-hydroxylation sites is 1. The van der Waals surface area contributed by atoms with Crippen molar-refractivity contribution in [1.29, 1.82) is 0 Å². The first kappa shape index (κ1) is 24.7. The standard InChI is InChI=1S/C28H27ClN2O4S2/c29-22-10-4-2-8-19(22)18-31-24-13-12-20(16-26(24)36-27(31)32)37(33,34)30-23-17-28(14-6-1-7-15-28)35-25-11-5-3-9-21(23)25/h2-5,8-13,16,23,30H,1,6-7,14-15,17-18H2/t23-/m0/s1. The van der Waals surface area contributed by atoms with Crippen LogP contribution in [-0.4, -0.2) is 18.6 Å². The Morgan fingerprint density at radius 2 is 1.78 bits per heavy atom. The van der Waals surface area contributed by atoms with E-state index in [2.05, 4.69) is 4.72 Å². The lowest BCUT2D eigenvalue weighted by Crippen LogP contribution is -2.46. The number of thiazole rings is 1. The monoisotopic (exact) mass is 554 g/mol. The van der Waals surface area contributed by atoms with E-state index in [1.54, 1.807) is 28.8 Å². The molecule has 3 aromatic carbocycles. The topological polar surface area (TPSA) is 77.4 Å². The average Bonchev–Trinajstić information content (AvgIpc) is 3.19. The van der Waals surface area contributed by atoms with E-state index in [1.807, 2.05) is 42.5 Å². The van der Waals surface area contributed by atoms with Crippen molar-refractivity contribution in [2.24, 2.45) is 0 Å². The van der Waals surface area contributed by atoms with Crippen LogP contribution < -0.4 is 14.3 Å². The molecule has 2 heterocycles. The largest absolute Gasteiger partial charge is 0.487 e. The second-order valence-corrected chi connectivity index (χ2v) is 13.1. The molecule has 1 aliphatic carbocycles. The Kier molecular flexibility index (Phi) is 6.39. The number of sulfonamides is 1. The van der Waals surface area contributed by atoms with Crippen molar-refractivity contribution >= 4 is 43.2 Å². The van der Waals surface area contributed by atoms with Crippen molar-refractivity contribution in [1.82, 2.24) is 9.29 Å². The van der Waals surface area contributed by atoms with Gasteiger partial charge in [0.1, 0.15) is 11.4 Å². The maximum atomic E-state index is 13.6. The number of fused-ring (bicyclic) bond motifs is 2. The molecule has 1 saturated carbocycles. The number of hydrogen-bond donors (Lipinski definition) is 1. The lowest BCUT2D eigenvalue weighted by atomic mass is 9.77. The molecule has 0 unspecified atom stereocenters. The number of halogens is 1. The van der Waals surface area contributed by atoms with Crippen LogP contribution in [0, 0.1) is 0 Å². The lowest BCUT2D eigenvalue weighted by molar-refractivity contribution is 0.0000751. The van der Waals surface area contributed by atoms with Gasteiger partial charge in [-0.3, -0.25) is 9.36 Å². The molecular weight excluding hydrogens is 528 g/mol. The van der Waals surface area contributed by atoms with Crippen LogP contribution in [-0.2, 0) is 16.6 Å². The normalized spacial score (nSPS) is 19.0. The Labute approximate surface area is 224 Å². The third-order valence-corrected chi connectivity index (χ3v) is 10.3. The van der Waals surface area contributed by atoms with Crippen molar-refractivity contribution in [2.45, 2.75) is 61.6 Å². The molecule has 2 aliphatic rings. The minimum Gasteiger partial charge on any atom is -0.487 e. The van der Waals surface area contributed by atoms with Crippen molar-refractivity contribution in [2.75, 3.05) is 0 Å². The van der Waals surface area contributed by atoms with Crippen LogP contribution in [0.2, 0.25) is 5.02 Å². The molecule has 37 heavy (non-hydrogen) atoms. The smallest absolute Gasteiger partial charge is 0.308 e. The van der Waals surface area contributed by atoms with Crippen LogP contribution in [0.4, 0.5) is 0 Å². The second-order valence-electron chi connectivity index (χ2n) is 9.94. The first-order chi connectivity index (χ1) is 17.8. The summed E-state index contributed by atoms with van der Waals surface area (Å²) >= 11 is 7.34. The van der Waals surface area contributed by atoms with Gasteiger partial charge >= 0.3 is 4.87 Å². The minimum absolute atomic E-state index is 0.146. The first-order valence-electron chi connectivity index (χ1n) is 12.5. The van der Waals surface area contributed by atoms with Gasteiger partial charge in [0.2, 0.25) is 10.0 Å². The molecule has 0 bridgehead atoms. The Hall–Kier alpha value is -2.65. The van der Waals surface area contributed by atoms with Gasteiger partial charge in [-0.05, 0) is 61.6 Å². The van der Waals surface area contributed by atoms with Crippen LogP contribution in [0.1, 0.15) is 55.7 Å². The lowest BCUT2D eigenvalue weighted by Gasteiger charge is -2.44. The summed E-state index contributed by atoms with van der Waals surface area (Å²) in [6, 6.07) is 19.6. The van der Waals surface area contributed by atoms with Gasteiger partial charge in [0.25, 0.3) is 0 Å². The van der Waals surface area contributed by atoms with Crippen molar-refractivity contribution in [3.8, 4) is 5.75 Å². The zero-order valence-corrected chi connectivity index (χ0v) is 22.5. The van der Waals surface area contributed by atoms with Crippen LogP contribution in [0.25, 0.3) is 10.2 Å². The van der Waals surface area contributed by atoms with Gasteiger partial charge in [0.05, 0.1) is 27.7 Å². The molecule has 0 radical (unpaired) electrons. The highest BCUT2D eigenvalue weighted by molar-refractivity contribution is 7.89. The number of nitrogens with zero attached hydrogens (tertiary/aromatic N) is 1. The predicted molar refractivity (Wildman–Crippen MR) is 147 cm³/mol. The third-order valence-electron chi connectivity index (χ3n) is 7.50. The summed E-state index contributed by atoms with van der Waals surface area (Å²) in [7, 11) is -3.85. The highest BCUT2D eigenvalue weighted by atomic mass is 35.5. The molecule has 6 nitrogen and oxygen atoms in total. The highest BCUT2D eigenvalue weighted by Gasteiger charge is 2.43. The van der Waals surface area contributed by atoms with E-state index in [-0.39, 0.29) is 21.4 Å². The fourth-order valence-corrected chi connectivity index (χ4v) is 8.08. The molecule has 4 aromatic rings. The number of hydrogen-bond acceptors (Lipinski definition) is 5.